The summed E-state index contributed by atoms with van der Waals surface area (Å²) in [6.45, 7) is 2.41. The molecule has 0 amide bonds. The fourth-order valence-corrected chi connectivity index (χ4v) is 6.82. The van der Waals surface area contributed by atoms with Crippen molar-refractivity contribution in [2.75, 3.05) is 39.3 Å². The number of hydrogen-bond donors (Lipinski definition) is 1. The number of rotatable bonds is 11. The summed E-state index contributed by atoms with van der Waals surface area (Å²) in [5, 5.41) is 4.84. The molecule has 2 fully saturated rings. The normalized spacial score (nSPS) is 16.4. The lowest BCUT2D eigenvalue weighted by Crippen LogP contribution is -2.37. The van der Waals surface area contributed by atoms with Gasteiger partial charge in [-0.25, -0.2) is 27.7 Å². The van der Waals surface area contributed by atoms with E-state index in [1.54, 1.807) is 22.6 Å². The van der Waals surface area contributed by atoms with Gasteiger partial charge in [-0.15, -0.1) is 0 Å². The third-order valence-corrected chi connectivity index (χ3v) is 10.2. The predicted octanol–water partition coefficient (Wildman–Crippen LogP) is 3.53. The van der Waals surface area contributed by atoms with Gasteiger partial charge in [-0.1, -0.05) is 6.07 Å². The molecule has 230 valence electrons. The first-order chi connectivity index (χ1) is 21.0. The van der Waals surface area contributed by atoms with Crippen molar-refractivity contribution in [3.63, 3.8) is 0 Å². The molecule has 2 saturated carbocycles. The maximum Gasteiger partial charge on any atom is 0.278 e. The molecular formula is C31H37N9O3S. The fraction of sp³-hybridized carbons (Fsp3) is 0.419. The minimum Gasteiger partial charge on any atom is -0.346 e. The van der Waals surface area contributed by atoms with Gasteiger partial charge in [0, 0.05) is 55.7 Å². The molecule has 13 heteroatoms. The van der Waals surface area contributed by atoms with Gasteiger partial charge in [0.1, 0.15) is 5.39 Å². The Bertz CT molecular complexity index is 2050. The Morgan fingerprint density at radius 3 is 2.57 bits per heavy atom. The summed E-state index contributed by atoms with van der Waals surface area (Å²) >= 11 is 0. The second-order valence-corrected chi connectivity index (χ2v) is 14.4. The van der Waals surface area contributed by atoms with Crippen LogP contribution in [0.25, 0.3) is 27.8 Å². The van der Waals surface area contributed by atoms with E-state index >= 15 is 0 Å². The van der Waals surface area contributed by atoms with E-state index in [4.69, 9.17) is 9.97 Å². The monoisotopic (exact) mass is 615 g/mol. The number of aromatic nitrogens is 6. The average Bonchev–Trinajstić information content (AvgIpc) is 3.92. The van der Waals surface area contributed by atoms with Crippen molar-refractivity contribution in [1.82, 2.24) is 38.1 Å². The highest BCUT2D eigenvalue weighted by atomic mass is 32.2. The van der Waals surface area contributed by atoms with Crippen LogP contribution in [0.15, 0.2) is 59.7 Å². The van der Waals surface area contributed by atoms with Crippen LogP contribution in [-0.4, -0.2) is 80.4 Å². The molecule has 4 heterocycles. The summed E-state index contributed by atoms with van der Waals surface area (Å²) in [6.07, 6.45) is 8.41. The van der Waals surface area contributed by atoms with E-state index in [2.05, 4.69) is 58.3 Å². The number of nitrogens with one attached hydrogen (secondary N) is 1. The quantitative estimate of drug-likeness (QED) is 0.240. The van der Waals surface area contributed by atoms with Gasteiger partial charge in [-0.3, -0.25) is 4.79 Å². The lowest BCUT2D eigenvalue weighted by atomic mass is 10.1. The molecule has 0 spiro atoms. The van der Waals surface area contributed by atoms with Gasteiger partial charge in [0.25, 0.3) is 5.56 Å². The van der Waals surface area contributed by atoms with Gasteiger partial charge in [0.15, 0.2) is 11.5 Å². The first kappa shape index (κ1) is 28.7. The highest BCUT2D eigenvalue weighted by Gasteiger charge is 2.52. The molecule has 0 bridgehead atoms. The van der Waals surface area contributed by atoms with Gasteiger partial charge in [-0.2, -0.15) is 9.29 Å². The topological polar surface area (TPSA) is 123 Å². The highest BCUT2D eigenvalue weighted by Crippen LogP contribution is 2.50. The largest absolute Gasteiger partial charge is 0.346 e. The zero-order valence-electron chi connectivity index (χ0n) is 25.4. The van der Waals surface area contributed by atoms with Crippen LogP contribution in [0.5, 0.6) is 0 Å². The van der Waals surface area contributed by atoms with Crippen molar-refractivity contribution in [2.24, 2.45) is 5.92 Å². The van der Waals surface area contributed by atoms with E-state index in [-0.39, 0.29) is 5.56 Å². The van der Waals surface area contributed by atoms with Crippen LogP contribution in [0.3, 0.4) is 0 Å². The summed E-state index contributed by atoms with van der Waals surface area (Å²) in [7, 11) is 2.31. The molecule has 0 saturated heterocycles. The Hall–Kier alpha value is -4.07. The molecule has 0 radical (unpaired) electrons. The number of pyridine rings is 1. The Morgan fingerprint density at radius 1 is 1.07 bits per heavy atom. The Labute approximate surface area is 256 Å². The SMILES string of the molecule is CN(C)CCn1ccc2cc(Nc3ncc4c(=O)n(CC5CC5)n(-c5cccc(C6(N(C)S(C)(=O)=O)CC6)n5)c4n3)ccc21. The number of hydrogen-bond acceptors (Lipinski definition) is 8. The van der Waals surface area contributed by atoms with E-state index in [0.717, 1.165) is 42.5 Å². The summed E-state index contributed by atoms with van der Waals surface area (Å²) in [4.78, 5) is 30.1. The molecule has 4 aromatic heterocycles. The molecule has 0 aliphatic heterocycles. The number of benzene rings is 1. The van der Waals surface area contributed by atoms with Crippen LogP contribution in [0.2, 0.25) is 0 Å². The minimum absolute atomic E-state index is 0.166. The Balaban J connectivity index is 1.27. The average molecular weight is 616 g/mol. The molecule has 5 aromatic rings. The van der Waals surface area contributed by atoms with E-state index in [9.17, 15) is 13.2 Å². The third-order valence-electron chi connectivity index (χ3n) is 8.87. The lowest BCUT2D eigenvalue weighted by molar-refractivity contribution is 0.350. The van der Waals surface area contributed by atoms with Crippen molar-refractivity contribution in [2.45, 2.75) is 44.3 Å². The molecule has 44 heavy (non-hydrogen) atoms. The van der Waals surface area contributed by atoms with Gasteiger partial charge in [-0.05, 0) is 82.1 Å². The van der Waals surface area contributed by atoms with Crippen LogP contribution < -0.4 is 10.9 Å². The molecule has 1 N–H and O–H groups in total. The second kappa shape index (κ2) is 10.5. The van der Waals surface area contributed by atoms with Crippen molar-refractivity contribution in [3.05, 3.63) is 70.9 Å². The standard InChI is InChI=1S/C31H37N9O3S/c1-36(2)16-17-38-15-12-22-18-23(10-11-25(22)38)33-30-32-19-24-28(35-30)40(39(29(24)41)20-21-8-9-21)27-7-5-6-26(34-27)31(13-14-31)37(3)44(4,42)43/h5-7,10-12,15,18-19,21H,8-9,13-14,16-17,20H2,1-4H3,(H,32,33,35). The Morgan fingerprint density at radius 2 is 1.86 bits per heavy atom. The maximum atomic E-state index is 13.7. The number of sulfonamides is 1. The van der Waals surface area contributed by atoms with Crippen molar-refractivity contribution in [3.8, 4) is 5.82 Å². The number of fused-ring (bicyclic) bond motifs is 2. The second-order valence-electron chi connectivity index (χ2n) is 12.4. The maximum absolute atomic E-state index is 13.7. The van der Waals surface area contributed by atoms with Crippen molar-refractivity contribution < 1.29 is 8.42 Å². The highest BCUT2D eigenvalue weighted by molar-refractivity contribution is 7.88. The summed E-state index contributed by atoms with van der Waals surface area (Å²) in [5.74, 6) is 1.31. The van der Waals surface area contributed by atoms with Crippen LogP contribution in [0.1, 0.15) is 31.4 Å². The first-order valence-corrected chi connectivity index (χ1v) is 16.8. The molecule has 7 rings (SSSR count). The minimum atomic E-state index is -3.43. The number of nitrogens with zero attached hydrogens (tertiary/aromatic N) is 8. The van der Waals surface area contributed by atoms with Gasteiger partial charge < -0.3 is 14.8 Å². The van der Waals surface area contributed by atoms with Gasteiger partial charge >= 0.3 is 0 Å². The predicted molar refractivity (Wildman–Crippen MR) is 171 cm³/mol. The fourth-order valence-electron chi connectivity index (χ4n) is 5.91. The van der Waals surface area contributed by atoms with Crippen LogP contribution >= 0.6 is 0 Å². The molecule has 2 aliphatic carbocycles. The van der Waals surface area contributed by atoms with Crippen LogP contribution in [0, 0.1) is 5.92 Å². The molecule has 0 atom stereocenters. The molecule has 2 aliphatic rings. The molecule has 1 aromatic carbocycles. The smallest absolute Gasteiger partial charge is 0.278 e. The van der Waals surface area contributed by atoms with Crippen LogP contribution in [0.4, 0.5) is 11.6 Å². The summed E-state index contributed by atoms with van der Waals surface area (Å²) in [6, 6.07) is 13.8. The first-order valence-electron chi connectivity index (χ1n) is 14.9. The Kier molecular flexibility index (Phi) is 6.87. The zero-order valence-corrected chi connectivity index (χ0v) is 26.3. The molecule has 12 nitrogen and oxygen atoms in total. The van der Waals surface area contributed by atoms with E-state index < -0.39 is 15.6 Å². The summed E-state index contributed by atoms with van der Waals surface area (Å²) < 4.78 is 32.0. The van der Waals surface area contributed by atoms with Crippen molar-refractivity contribution >= 4 is 43.6 Å². The molecule has 0 unspecified atom stereocenters. The molecular weight excluding hydrogens is 578 g/mol. The van der Waals surface area contributed by atoms with Crippen molar-refractivity contribution in [1.29, 1.82) is 0 Å². The van der Waals surface area contributed by atoms with E-state index in [1.807, 2.05) is 24.3 Å². The zero-order chi connectivity index (χ0) is 30.8. The van der Waals surface area contributed by atoms with Gasteiger partial charge in [0.2, 0.25) is 16.0 Å². The lowest BCUT2D eigenvalue weighted by Gasteiger charge is -2.25. The van der Waals surface area contributed by atoms with Crippen LogP contribution in [-0.2, 0) is 28.7 Å². The summed E-state index contributed by atoms with van der Waals surface area (Å²) in [5.41, 5.74) is 2.26. The van der Waals surface area contributed by atoms with E-state index in [1.165, 1.54) is 10.6 Å². The van der Waals surface area contributed by atoms with Gasteiger partial charge in [0.05, 0.1) is 17.5 Å². The third kappa shape index (κ3) is 5.18. The number of likely N-dealkylation sites (N-methyl/N-ethyl adjacent to an activating group) is 1. The number of anilines is 2. The van der Waals surface area contributed by atoms with E-state index in [0.29, 0.717) is 53.8 Å².